The molecule has 1 amide bonds. The Morgan fingerprint density at radius 1 is 1.11 bits per heavy atom. The van der Waals surface area contributed by atoms with Crippen LogP contribution in [-0.2, 0) is 0 Å². The third-order valence-corrected chi connectivity index (χ3v) is 3.17. The Bertz CT molecular complexity index is 623. The summed E-state index contributed by atoms with van der Waals surface area (Å²) in [5.41, 5.74) is 1.13. The van der Waals surface area contributed by atoms with Gasteiger partial charge in [-0.3, -0.25) is 4.79 Å². The topological polar surface area (TPSA) is 29.1 Å². The average molecular weight is 326 g/mol. The summed E-state index contributed by atoms with van der Waals surface area (Å²) >= 11 is 3.20. The van der Waals surface area contributed by atoms with E-state index in [1.165, 1.54) is 24.3 Å². The fourth-order valence-electron chi connectivity index (χ4n) is 1.66. The van der Waals surface area contributed by atoms with E-state index in [9.17, 15) is 13.6 Å². The van der Waals surface area contributed by atoms with Gasteiger partial charge in [-0.25, -0.2) is 8.78 Å². The summed E-state index contributed by atoms with van der Waals surface area (Å²) in [5, 5.41) is 2.53. The average Bonchev–Trinajstić information content (AvgIpc) is 2.32. The quantitative estimate of drug-likeness (QED) is 0.876. The Morgan fingerprint density at radius 2 is 1.84 bits per heavy atom. The number of carbonyl (C=O) groups excluding carboxylic acids is 1. The Morgan fingerprint density at radius 3 is 2.53 bits per heavy atom. The lowest BCUT2D eigenvalue weighted by Crippen LogP contribution is -2.13. The van der Waals surface area contributed by atoms with Crippen LogP contribution in [0.2, 0.25) is 0 Å². The van der Waals surface area contributed by atoms with Gasteiger partial charge in [0.25, 0.3) is 5.91 Å². The minimum absolute atomic E-state index is 0.189. The van der Waals surface area contributed by atoms with Gasteiger partial charge in [-0.15, -0.1) is 0 Å². The van der Waals surface area contributed by atoms with E-state index in [1.807, 2.05) is 0 Å². The molecule has 2 nitrogen and oxygen atoms in total. The van der Waals surface area contributed by atoms with Crippen LogP contribution in [0, 0.1) is 18.6 Å². The van der Waals surface area contributed by atoms with Gasteiger partial charge < -0.3 is 5.32 Å². The van der Waals surface area contributed by atoms with Gasteiger partial charge in [0.05, 0.1) is 5.69 Å². The highest BCUT2D eigenvalue weighted by Crippen LogP contribution is 2.23. The number of anilines is 1. The molecule has 0 saturated carbocycles. The van der Waals surface area contributed by atoms with Crippen LogP contribution in [0.3, 0.4) is 0 Å². The number of hydrogen-bond donors (Lipinski definition) is 1. The van der Waals surface area contributed by atoms with E-state index in [1.54, 1.807) is 13.0 Å². The van der Waals surface area contributed by atoms with Crippen molar-refractivity contribution in [2.75, 3.05) is 5.32 Å². The fourth-order valence-corrected chi connectivity index (χ4v) is 2.00. The summed E-state index contributed by atoms with van der Waals surface area (Å²) in [7, 11) is 0. The molecule has 0 spiro atoms. The number of amides is 1. The Balaban J connectivity index is 2.28. The molecule has 0 radical (unpaired) electrons. The Hall–Kier alpha value is -1.75. The van der Waals surface area contributed by atoms with Crippen LogP contribution >= 0.6 is 15.9 Å². The summed E-state index contributed by atoms with van der Waals surface area (Å²) in [5.74, 6) is -1.44. The van der Waals surface area contributed by atoms with Crippen LogP contribution < -0.4 is 5.32 Å². The molecule has 98 valence electrons. The second-order valence-corrected chi connectivity index (χ2v) is 4.95. The minimum atomic E-state index is -0.492. The lowest BCUT2D eigenvalue weighted by atomic mass is 10.1. The molecule has 2 aromatic rings. The van der Waals surface area contributed by atoms with Crippen LogP contribution in [0.15, 0.2) is 40.9 Å². The number of aryl methyl sites for hydroxylation is 1. The number of nitrogens with one attached hydrogen (secondary N) is 1. The molecular formula is C14H10BrF2NO. The van der Waals surface area contributed by atoms with E-state index < -0.39 is 17.5 Å². The van der Waals surface area contributed by atoms with Crippen molar-refractivity contribution in [1.29, 1.82) is 0 Å². The van der Waals surface area contributed by atoms with Crippen molar-refractivity contribution in [3.05, 3.63) is 63.6 Å². The van der Waals surface area contributed by atoms with Gasteiger partial charge in [0, 0.05) is 10.0 Å². The van der Waals surface area contributed by atoms with E-state index in [0.29, 0.717) is 15.7 Å². The van der Waals surface area contributed by atoms with Gasteiger partial charge in [0.15, 0.2) is 0 Å². The lowest BCUT2D eigenvalue weighted by Gasteiger charge is -2.08. The zero-order valence-electron chi connectivity index (χ0n) is 10.0. The predicted molar refractivity (Wildman–Crippen MR) is 73.2 cm³/mol. The third-order valence-electron chi connectivity index (χ3n) is 2.48. The van der Waals surface area contributed by atoms with Crippen molar-refractivity contribution in [3.8, 4) is 0 Å². The third kappa shape index (κ3) is 3.38. The number of hydrogen-bond acceptors (Lipinski definition) is 1. The smallest absolute Gasteiger partial charge is 0.255 e. The van der Waals surface area contributed by atoms with Crippen LogP contribution in [0.5, 0.6) is 0 Å². The van der Waals surface area contributed by atoms with Gasteiger partial charge >= 0.3 is 0 Å². The molecule has 0 aliphatic rings. The van der Waals surface area contributed by atoms with E-state index in [4.69, 9.17) is 0 Å². The molecule has 0 aliphatic carbocycles. The standard InChI is InChI=1S/C14H10BrF2NO/c1-8-4-9(6-11(17)5-8)14(19)18-13-7-10(16)2-3-12(13)15/h2-7H,1H3,(H,18,19). The normalized spacial score (nSPS) is 10.3. The fraction of sp³-hybridized carbons (Fsp3) is 0.0714. The SMILES string of the molecule is Cc1cc(F)cc(C(=O)Nc2cc(F)ccc2Br)c1. The molecule has 0 unspecified atom stereocenters. The molecule has 0 fully saturated rings. The first kappa shape index (κ1) is 13.7. The number of carbonyl (C=O) groups is 1. The molecule has 0 atom stereocenters. The summed E-state index contributed by atoms with van der Waals surface area (Å²) in [6.45, 7) is 1.69. The van der Waals surface area contributed by atoms with Crippen molar-refractivity contribution in [2.24, 2.45) is 0 Å². The van der Waals surface area contributed by atoms with E-state index in [2.05, 4.69) is 21.2 Å². The van der Waals surface area contributed by atoms with Crippen LogP contribution in [0.25, 0.3) is 0 Å². The molecule has 0 aromatic heterocycles. The van der Waals surface area contributed by atoms with E-state index in [0.717, 1.165) is 6.07 Å². The Kier molecular flexibility index (Phi) is 3.95. The minimum Gasteiger partial charge on any atom is -0.321 e. The summed E-state index contributed by atoms with van der Waals surface area (Å²) < 4.78 is 26.9. The Labute approximate surface area is 117 Å². The molecule has 2 rings (SSSR count). The molecule has 5 heteroatoms. The van der Waals surface area contributed by atoms with Crippen LogP contribution in [0.4, 0.5) is 14.5 Å². The molecule has 0 heterocycles. The van der Waals surface area contributed by atoms with Gasteiger partial charge in [0.2, 0.25) is 0 Å². The maximum absolute atomic E-state index is 13.2. The molecule has 2 aromatic carbocycles. The van der Waals surface area contributed by atoms with Gasteiger partial charge in [0.1, 0.15) is 11.6 Å². The maximum Gasteiger partial charge on any atom is 0.255 e. The molecule has 0 aliphatic heterocycles. The maximum atomic E-state index is 13.2. The number of benzene rings is 2. The molecule has 19 heavy (non-hydrogen) atoms. The van der Waals surface area contributed by atoms with Gasteiger partial charge in [-0.2, -0.15) is 0 Å². The van der Waals surface area contributed by atoms with Crippen molar-refractivity contribution >= 4 is 27.5 Å². The number of halogens is 3. The predicted octanol–water partition coefficient (Wildman–Crippen LogP) is 4.29. The van der Waals surface area contributed by atoms with Gasteiger partial charge in [-0.05, 0) is 64.8 Å². The molecule has 1 N–H and O–H groups in total. The van der Waals surface area contributed by atoms with E-state index >= 15 is 0 Å². The second-order valence-electron chi connectivity index (χ2n) is 4.10. The van der Waals surface area contributed by atoms with Crippen molar-refractivity contribution in [1.82, 2.24) is 0 Å². The van der Waals surface area contributed by atoms with Crippen LogP contribution in [-0.4, -0.2) is 5.91 Å². The number of rotatable bonds is 2. The summed E-state index contributed by atoms with van der Waals surface area (Å²) in [6, 6.07) is 7.97. The van der Waals surface area contributed by atoms with Crippen molar-refractivity contribution < 1.29 is 13.6 Å². The largest absolute Gasteiger partial charge is 0.321 e. The summed E-state index contributed by atoms with van der Waals surface area (Å²) in [4.78, 5) is 12.0. The summed E-state index contributed by atoms with van der Waals surface area (Å²) in [6.07, 6.45) is 0. The second kappa shape index (κ2) is 5.48. The first-order chi connectivity index (χ1) is 8.95. The van der Waals surface area contributed by atoms with Gasteiger partial charge in [-0.1, -0.05) is 0 Å². The zero-order chi connectivity index (χ0) is 14.0. The first-order valence-electron chi connectivity index (χ1n) is 5.49. The zero-order valence-corrected chi connectivity index (χ0v) is 11.6. The molecule has 0 saturated heterocycles. The monoisotopic (exact) mass is 325 g/mol. The van der Waals surface area contributed by atoms with Crippen molar-refractivity contribution in [2.45, 2.75) is 6.92 Å². The van der Waals surface area contributed by atoms with Crippen molar-refractivity contribution in [3.63, 3.8) is 0 Å². The highest BCUT2D eigenvalue weighted by molar-refractivity contribution is 9.10. The highest BCUT2D eigenvalue weighted by Gasteiger charge is 2.10. The molecule has 0 bridgehead atoms. The van der Waals surface area contributed by atoms with Crippen LogP contribution in [0.1, 0.15) is 15.9 Å². The molecular weight excluding hydrogens is 316 g/mol. The lowest BCUT2D eigenvalue weighted by molar-refractivity contribution is 0.102. The first-order valence-corrected chi connectivity index (χ1v) is 6.28. The van der Waals surface area contributed by atoms with E-state index in [-0.39, 0.29) is 5.56 Å². The highest BCUT2D eigenvalue weighted by atomic mass is 79.9.